The molecule has 2 atom stereocenters. The Morgan fingerprint density at radius 1 is 1.33 bits per heavy atom. The van der Waals surface area contributed by atoms with Crippen molar-refractivity contribution in [3.05, 3.63) is 35.4 Å². The number of hydrogen-bond donors (Lipinski definition) is 2. The summed E-state index contributed by atoms with van der Waals surface area (Å²) in [6.45, 7) is 3.73. The fourth-order valence-corrected chi connectivity index (χ4v) is 1.73. The molecular formula is C13H20ClNO3. The first-order valence-corrected chi connectivity index (χ1v) is 5.53. The van der Waals surface area contributed by atoms with E-state index >= 15 is 0 Å². The van der Waals surface area contributed by atoms with Crippen LogP contribution in [0.25, 0.3) is 0 Å². The van der Waals surface area contributed by atoms with E-state index in [0.717, 1.165) is 6.29 Å². The van der Waals surface area contributed by atoms with Crippen LogP contribution in [-0.4, -0.2) is 24.6 Å². The summed E-state index contributed by atoms with van der Waals surface area (Å²) in [5.41, 5.74) is 6.05. The van der Waals surface area contributed by atoms with E-state index in [1.807, 2.05) is 13.8 Å². The Balaban J connectivity index is 0.00000289. The van der Waals surface area contributed by atoms with Gasteiger partial charge in [-0.25, -0.2) is 0 Å². The topological polar surface area (TPSA) is 72.5 Å². The molecule has 0 fully saturated rings. The molecule has 4 nitrogen and oxygen atoms in total. The number of aldehydes is 1. The van der Waals surface area contributed by atoms with E-state index in [1.165, 1.54) is 7.11 Å². The summed E-state index contributed by atoms with van der Waals surface area (Å²) >= 11 is 0. The zero-order valence-electron chi connectivity index (χ0n) is 10.8. The Hall–Kier alpha value is -0.940. The van der Waals surface area contributed by atoms with Crippen molar-refractivity contribution < 1.29 is 14.6 Å². The highest BCUT2D eigenvalue weighted by Gasteiger charge is 2.37. The maximum atomic E-state index is 10.6. The van der Waals surface area contributed by atoms with Crippen molar-refractivity contribution in [2.24, 2.45) is 11.7 Å². The molecule has 1 aromatic rings. The van der Waals surface area contributed by atoms with Crippen molar-refractivity contribution in [1.29, 1.82) is 0 Å². The van der Waals surface area contributed by atoms with Gasteiger partial charge in [0.1, 0.15) is 12.4 Å². The number of aliphatic hydroxyl groups is 1. The summed E-state index contributed by atoms with van der Waals surface area (Å²) in [6.07, 6.45) is -0.0669. The predicted octanol–water partition coefficient (Wildman–Crippen LogP) is 1.70. The van der Waals surface area contributed by atoms with Gasteiger partial charge in [-0.15, -0.1) is 12.4 Å². The second-order valence-electron chi connectivity index (χ2n) is 4.43. The lowest BCUT2D eigenvalue weighted by atomic mass is 9.90. The summed E-state index contributed by atoms with van der Waals surface area (Å²) in [4.78, 5) is 10.6. The highest BCUT2D eigenvalue weighted by Crippen LogP contribution is 2.27. The summed E-state index contributed by atoms with van der Waals surface area (Å²) in [6, 6.07) is 6.68. The second kappa shape index (κ2) is 6.85. The summed E-state index contributed by atoms with van der Waals surface area (Å²) < 4.78 is 5.26. The molecule has 1 rings (SSSR count). The molecule has 0 heterocycles. The van der Waals surface area contributed by atoms with E-state index < -0.39 is 11.8 Å². The van der Waals surface area contributed by atoms with Crippen LogP contribution in [0.3, 0.4) is 0 Å². The van der Waals surface area contributed by atoms with Crippen LogP contribution < -0.4 is 5.73 Å². The lowest BCUT2D eigenvalue weighted by molar-refractivity contribution is -0.122. The number of carbonyl (C=O) groups excluding carboxylic acids is 1. The molecule has 1 aromatic carbocycles. The number of methoxy groups -OCH3 is 1. The van der Waals surface area contributed by atoms with Gasteiger partial charge in [-0.1, -0.05) is 38.1 Å². The number of benzene rings is 1. The van der Waals surface area contributed by atoms with Crippen molar-refractivity contribution in [2.45, 2.75) is 25.7 Å². The number of halogens is 1. The van der Waals surface area contributed by atoms with Gasteiger partial charge in [0.05, 0.1) is 0 Å². The lowest BCUT2D eigenvalue weighted by Crippen LogP contribution is -2.51. The number of ether oxygens (including phenoxy) is 1. The Bertz CT molecular complexity index is 380. The minimum atomic E-state index is -1.25. The maximum absolute atomic E-state index is 10.6. The van der Waals surface area contributed by atoms with Gasteiger partial charge in [0.15, 0.2) is 5.72 Å². The van der Waals surface area contributed by atoms with Gasteiger partial charge in [0, 0.05) is 18.2 Å². The van der Waals surface area contributed by atoms with Gasteiger partial charge in [-0.3, -0.25) is 10.5 Å². The standard InChI is InChI=1S/C13H19NO3.ClH/c1-9(2)12(16)13(14,17-3)11-6-4-10(8-15)5-7-11;/h4-9,12,16H,14H2,1-3H3;1H/t12-,13-;/m0./s1. The van der Waals surface area contributed by atoms with Crippen LogP contribution in [0.1, 0.15) is 29.8 Å². The number of nitrogens with two attached hydrogens (primary N) is 1. The van der Waals surface area contributed by atoms with Crippen LogP contribution in [0.15, 0.2) is 24.3 Å². The van der Waals surface area contributed by atoms with Crippen LogP contribution in [0, 0.1) is 5.92 Å². The predicted molar refractivity (Wildman–Crippen MR) is 72.8 cm³/mol. The molecule has 0 unspecified atom stereocenters. The monoisotopic (exact) mass is 273 g/mol. The average molecular weight is 274 g/mol. The number of carbonyl (C=O) groups is 1. The molecule has 3 N–H and O–H groups in total. The normalized spacial score (nSPS) is 15.7. The summed E-state index contributed by atoms with van der Waals surface area (Å²) in [7, 11) is 1.46. The number of rotatable bonds is 5. The van der Waals surface area contributed by atoms with Gasteiger partial charge in [-0.05, 0) is 5.92 Å². The molecule has 0 saturated carbocycles. The second-order valence-corrected chi connectivity index (χ2v) is 4.43. The molecule has 102 valence electrons. The molecular weight excluding hydrogens is 254 g/mol. The molecule has 0 bridgehead atoms. The molecule has 0 aromatic heterocycles. The Morgan fingerprint density at radius 2 is 1.83 bits per heavy atom. The van der Waals surface area contributed by atoms with Crippen LogP contribution in [0.4, 0.5) is 0 Å². The Kier molecular flexibility index (Phi) is 6.49. The van der Waals surface area contributed by atoms with Crippen molar-refractivity contribution >= 4 is 18.7 Å². The first-order chi connectivity index (χ1) is 7.95. The van der Waals surface area contributed by atoms with E-state index in [0.29, 0.717) is 11.1 Å². The maximum Gasteiger partial charge on any atom is 0.168 e. The van der Waals surface area contributed by atoms with Gasteiger partial charge in [0.25, 0.3) is 0 Å². The van der Waals surface area contributed by atoms with E-state index in [9.17, 15) is 9.90 Å². The van der Waals surface area contributed by atoms with Gasteiger partial charge >= 0.3 is 0 Å². The molecule has 0 amide bonds. The minimum Gasteiger partial charge on any atom is -0.388 e. The van der Waals surface area contributed by atoms with Crippen LogP contribution >= 0.6 is 12.4 Å². The highest BCUT2D eigenvalue weighted by atomic mass is 35.5. The molecule has 0 aliphatic rings. The largest absolute Gasteiger partial charge is 0.388 e. The highest BCUT2D eigenvalue weighted by molar-refractivity contribution is 5.85. The zero-order valence-corrected chi connectivity index (χ0v) is 11.6. The smallest absolute Gasteiger partial charge is 0.168 e. The van der Waals surface area contributed by atoms with Gasteiger partial charge in [0.2, 0.25) is 0 Å². The van der Waals surface area contributed by atoms with Crippen LogP contribution in [0.2, 0.25) is 0 Å². The van der Waals surface area contributed by atoms with Crippen molar-refractivity contribution in [3.8, 4) is 0 Å². The molecule has 0 radical (unpaired) electrons. The third-order valence-electron chi connectivity index (χ3n) is 2.91. The summed E-state index contributed by atoms with van der Waals surface area (Å²) in [5, 5.41) is 10.1. The first-order valence-electron chi connectivity index (χ1n) is 5.53. The fraction of sp³-hybridized carbons (Fsp3) is 0.462. The molecule has 0 aliphatic heterocycles. The molecule has 5 heteroatoms. The number of aliphatic hydroxyl groups excluding tert-OH is 1. The van der Waals surface area contributed by atoms with E-state index in [4.69, 9.17) is 10.5 Å². The van der Waals surface area contributed by atoms with Crippen LogP contribution in [0.5, 0.6) is 0 Å². The quantitative estimate of drug-likeness (QED) is 0.633. The third kappa shape index (κ3) is 3.29. The summed E-state index contributed by atoms with van der Waals surface area (Å²) in [5.74, 6) is -0.0364. The van der Waals surface area contributed by atoms with E-state index in [1.54, 1.807) is 24.3 Å². The van der Waals surface area contributed by atoms with Gasteiger partial charge in [-0.2, -0.15) is 0 Å². The number of hydrogen-bond acceptors (Lipinski definition) is 4. The van der Waals surface area contributed by atoms with E-state index in [-0.39, 0.29) is 18.3 Å². The SMILES string of the molecule is CO[C@@](N)(c1ccc(C=O)cc1)[C@@H](O)C(C)C.Cl. The van der Waals surface area contributed by atoms with E-state index in [2.05, 4.69) is 0 Å². The first kappa shape index (κ1) is 17.1. The molecule has 0 spiro atoms. The van der Waals surface area contributed by atoms with Crippen molar-refractivity contribution in [2.75, 3.05) is 7.11 Å². The third-order valence-corrected chi connectivity index (χ3v) is 2.91. The van der Waals surface area contributed by atoms with Crippen molar-refractivity contribution in [1.82, 2.24) is 0 Å². The molecule has 0 saturated heterocycles. The zero-order chi connectivity index (χ0) is 13.1. The Labute approximate surface area is 114 Å². The minimum absolute atomic E-state index is 0. The molecule has 0 aliphatic carbocycles. The van der Waals surface area contributed by atoms with Crippen molar-refractivity contribution in [3.63, 3.8) is 0 Å². The van der Waals surface area contributed by atoms with Gasteiger partial charge < -0.3 is 9.84 Å². The molecule has 18 heavy (non-hydrogen) atoms. The average Bonchev–Trinajstić information content (AvgIpc) is 2.36. The Morgan fingerprint density at radius 3 is 2.17 bits per heavy atom. The lowest BCUT2D eigenvalue weighted by Gasteiger charge is -2.35. The van der Waals surface area contributed by atoms with Crippen LogP contribution in [-0.2, 0) is 10.5 Å². The fourth-order valence-electron chi connectivity index (χ4n) is 1.73.